The molecule has 4 N–H and O–H groups in total. The van der Waals surface area contributed by atoms with Crippen LogP contribution in [0.15, 0.2) is 79.0 Å². The number of anilines is 4. The number of aromatic nitrogens is 3. The van der Waals surface area contributed by atoms with Gasteiger partial charge in [0.1, 0.15) is 0 Å². The third kappa shape index (κ3) is 6.82. The van der Waals surface area contributed by atoms with Gasteiger partial charge in [-0.2, -0.15) is 0 Å². The second kappa shape index (κ2) is 12.7. The number of aromatic amines is 1. The molecule has 0 unspecified atom stereocenters. The molecule has 0 bridgehead atoms. The topological polar surface area (TPSA) is 115 Å². The molecule has 0 aliphatic carbocycles. The lowest BCUT2D eigenvalue weighted by Gasteiger charge is -2.12. The second-order valence-corrected chi connectivity index (χ2v) is 10.6. The fourth-order valence-electron chi connectivity index (χ4n) is 4.83. The van der Waals surface area contributed by atoms with Crippen molar-refractivity contribution in [2.24, 2.45) is 0 Å². The van der Waals surface area contributed by atoms with Crippen molar-refractivity contribution in [3.05, 3.63) is 95.8 Å². The van der Waals surface area contributed by atoms with E-state index in [1.807, 2.05) is 75.4 Å². The van der Waals surface area contributed by atoms with Crippen LogP contribution in [0, 0.1) is 13.8 Å². The average Bonchev–Trinajstić information content (AvgIpc) is 3.30. The fourth-order valence-corrected chi connectivity index (χ4v) is 4.83. The molecular formula is C33H35N7O2. The van der Waals surface area contributed by atoms with E-state index in [1.54, 1.807) is 24.3 Å². The molecule has 2 aromatic heterocycles. The minimum Gasteiger partial charge on any atom is -0.358 e. The Morgan fingerprint density at radius 1 is 0.881 bits per heavy atom. The van der Waals surface area contributed by atoms with E-state index < -0.39 is 0 Å². The van der Waals surface area contributed by atoms with Crippen LogP contribution in [0.1, 0.15) is 34.5 Å². The predicted octanol–water partition coefficient (Wildman–Crippen LogP) is 6.52. The number of benzene rings is 3. The number of carbonyl (C=O) groups excluding carboxylic acids is 2. The van der Waals surface area contributed by atoms with Crippen LogP contribution in [0.5, 0.6) is 0 Å². The van der Waals surface area contributed by atoms with Crippen LogP contribution in [0.3, 0.4) is 0 Å². The zero-order valence-corrected chi connectivity index (χ0v) is 24.3. The number of nitrogens with one attached hydrogen (secondary N) is 4. The van der Waals surface area contributed by atoms with Gasteiger partial charge < -0.3 is 25.8 Å². The molecule has 0 fully saturated rings. The molecule has 5 rings (SSSR count). The second-order valence-electron chi connectivity index (χ2n) is 10.6. The number of rotatable bonds is 10. The van der Waals surface area contributed by atoms with Crippen molar-refractivity contribution < 1.29 is 9.59 Å². The molecule has 0 atom stereocenters. The molecule has 0 saturated carbocycles. The van der Waals surface area contributed by atoms with Crippen LogP contribution in [-0.2, 0) is 4.79 Å². The quantitative estimate of drug-likeness (QED) is 0.154. The lowest BCUT2D eigenvalue weighted by atomic mass is 10.0. The Labute approximate surface area is 245 Å². The first-order chi connectivity index (χ1) is 20.3. The number of aryl methyl sites for hydroxylation is 2. The Morgan fingerprint density at radius 2 is 1.64 bits per heavy atom. The number of nitrogens with zero attached hydrogens (tertiary/aromatic N) is 3. The van der Waals surface area contributed by atoms with E-state index >= 15 is 0 Å². The molecule has 0 radical (unpaired) electrons. The predicted molar refractivity (Wildman–Crippen MR) is 169 cm³/mol. The molecule has 0 saturated heterocycles. The molecule has 42 heavy (non-hydrogen) atoms. The summed E-state index contributed by atoms with van der Waals surface area (Å²) in [5.41, 5.74) is 7.52. The van der Waals surface area contributed by atoms with Gasteiger partial charge in [-0.05, 0) is 95.0 Å². The van der Waals surface area contributed by atoms with E-state index in [4.69, 9.17) is 4.98 Å². The average molecular weight is 562 g/mol. The summed E-state index contributed by atoms with van der Waals surface area (Å²) in [6.07, 6.45) is 3.05. The molecule has 3 aromatic carbocycles. The third-order valence-electron chi connectivity index (χ3n) is 6.92. The van der Waals surface area contributed by atoms with Gasteiger partial charge >= 0.3 is 0 Å². The summed E-state index contributed by atoms with van der Waals surface area (Å²) >= 11 is 0. The number of hydrogen-bond acceptors (Lipinski definition) is 6. The highest BCUT2D eigenvalue weighted by Crippen LogP contribution is 2.33. The van der Waals surface area contributed by atoms with E-state index in [9.17, 15) is 9.59 Å². The van der Waals surface area contributed by atoms with Gasteiger partial charge in [0.2, 0.25) is 11.9 Å². The van der Waals surface area contributed by atoms with Crippen LogP contribution < -0.4 is 16.0 Å². The summed E-state index contributed by atoms with van der Waals surface area (Å²) in [6, 6.07) is 22.4. The molecular weight excluding hydrogens is 526 g/mol. The number of amides is 2. The van der Waals surface area contributed by atoms with Gasteiger partial charge in [-0.15, -0.1) is 0 Å². The maximum atomic E-state index is 12.9. The van der Waals surface area contributed by atoms with E-state index in [2.05, 4.69) is 38.1 Å². The van der Waals surface area contributed by atoms with Crippen molar-refractivity contribution >= 4 is 45.7 Å². The molecule has 9 nitrogen and oxygen atoms in total. The number of H-pyrrole nitrogens is 1. The fraction of sp³-hybridized carbons (Fsp3) is 0.212. The van der Waals surface area contributed by atoms with Crippen molar-refractivity contribution in [2.45, 2.75) is 26.7 Å². The van der Waals surface area contributed by atoms with Crippen molar-refractivity contribution in [1.29, 1.82) is 0 Å². The SMILES string of the molecule is Cc1cnc(Nc2cccc(NC(=O)c3ccc(NC(=O)CCCN(C)C)cc3)c2)nc1-c1c(C)[nH]c2ccccc12. The summed E-state index contributed by atoms with van der Waals surface area (Å²) in [5, 5.41) is 10.2. The number of fused-ring (bicyclic) bond motifs is 1. The Bertz CT molecular complexity index is 1720. The van der Waals surface area contributed by atoms with Crippen molar-refractivity contribution in [3.63, 3.8) is 0 Å². The van der Waals surface area contributed by atoms with Crippen molar-refractivity contribution in [2.75, 3.05) is 36.6 Å². The standard InChI is InChI=1S/C33H35N7O2/c1-21-20-34-33(39-31(21)30-22(2)35-28-12-6-5-11-27(28)30)38-26-10-7-9-25(19-26)37-32(42)23-14-16-24(17-15-23)36-29(41)13-8-18-40(3)4/h5-7,9-12,14-17,19-20,35H,8,13,18H2,1-4H3,(H,36,41)(H,37,42)(H,34,38,39). The van der Waals surface area contributed by atoms with Crippen molar-refractivity contribution in [1.82, 2.24) is 19.9 Å². The van der Waals surface area contributed by atoms with Gasteiger partial charge in [0.15, 0.2) is 0 Å². The van der Waals surface area contributed by atoms with Crippen molar-refractivity contribution in [3.8, 4) is 11.3 Å². The summed E-state index contributed by atoms with van der Waals surface area (Å²) in [5.74, 6) is 0.169. The summed E-state index contributed by atoms with van der Waals surface area (Å²) in [7, 11) is 3.96. The van der Waals surface area contributed by atoms with E-state index in [0.717, 1.165) is 52.1 Å². The van der Waals surface area contributed by atoms with Gasteiger partial charge in [-0.25, -0.2) is 9.97 Å². The van der Waals surface area contributed by atoms with Gasteiger partial charge in [-0.1, -0.05) is 24.3 Å². The molecule has 9 heteroatoms. The van der Waals surface area contributed by atoms with Gasteiger partial charge in [0.05, 0.1) is 5.69 Å². The number of para-hydroxylation sites is 1. The first-order valence-electron chi connectivity index (χ1n) is 13.9. The highest BCUT2D eigenvalue weighted by atomic mass is 16.2. The molecule has 0 aliphatic heterocycles. The van der Waals surface area contributed by atoms with E-state index in [0.29, 0.717) is 29.3 Å². The first-order valence-corrected chi connectivity index (χ1v) is 13.9. The lowest BCUT2D eigenvalue weighted by molar-refractivity contribution is -0.116. The maximum absolute atomic E-state index is 12.9. The normalized spacial score (nSPS) is 11.1. The van der Waals surface area contributed by atoms with Crippen LogP contribution >= 0.6 is 0 Å². The zero-order chi connectivity index (χ0) is 29.6. The lowest BCUT2D eigenvalue weighted by Crippen LogP contribution is -2.17. The molecule has 2 amide bonds. The molecule has 5 aromatic rings. The number of carbonyl (C=O) groups is 2. The Kier molecular flexibility index (Phi) is 8.59. The molecule has 0 spiro atoms. The van der Waals surface area contributed by atoms with Gasteiger partial charge in [0.25, 0.3) is 5.91 Å². The molecule has 214 valence electrons. The smallest absolute Gasteiger partial charge is 0.255 e. The van der Waals surface area contributed by atoms with Gasteiger partial charge in [-0.3, -0.25) is 9.59 Å². The Hall–Kier alpha value is -5.02. The van der Waals surface area contributed by atoms with Crippen LogP contribution in [0.2, 0.25) is 0 Å². The highest BCUT2D eigenvalue weighted by molar-refractivity contribution is 6.05. The summed E-state index contributed by atoms with van der Waals surface area (Å²) in [4.78, 5) is 39.9. The van der Waals surface area contributed by atoms with Gasteiger partial charge in [0, 0.05) is 57.4 Å². The monoisotopic (exact) mass is 561 g/mol. The van der Waals surface area contributed by atoms with E-state index in [1.165, 1.54) is 0 Å². The van der Waals surface area contributed by atoms with Crippen LogP contribution in [-0.4, -0.2) is 52.3 Å². The van der Waals surface area contributed by atoms with E-state index in [-0.39, 0.29) is 11.8 Å². The molecule has 2 heterocycles. The third-order valence-corrected chi connectivity index (χ3v) is 6.92. The summed E-state index contributed by atoms with van der Waals surface area (Å²) in [6.45, 7) is 4.91. The Morgan fingerprint density at radius 3 is 2.43 bits per heavy atom. The maximum Gasteiger partial charge on any atom is 0.255 e. The minimum absolute atomic E-state index is 0.0420. The Balaban J connectivity index is 1.24. The summed E-state index contributed by atoms with van der Waals surface area (Å²) < 4.78 is 0. The minimum atomic E-state index is -0.250. The largest absolute Gasteiger partial charge is 0.358 e. The highest BCUT2D eigenvalue weighted by Gasteiger charge is 2.15. The van der Waals surface area contributed by atoms with Crippen LogP contribution in [0.4, 0.5) is 23.0 Å². The molecule has 0 aliphatic rings. The first kappa shape index (κ1) is 28.5. The number of hydrogen-bond donors (Lipinski definition) is 4. The van der Waals surface area contributed by atoms with Crippen LogP contribution in [0.25, 0.3) is 22.2 Å². The zero-order valence-electron chi connectivity index (χ0n) is 24.3.